The Balaban J connectivity index is 2.23. The Morgan fingerprint density at radius 2 is 2.05 bits per heavy atom. The molecule has 2 aromatic rings. The number of alkyl halides is 3. The summed E-state index contributed by atoms with van der Waals surface area (Å²) in [5, 5.41) is 2.12. The van der Waals surface area contributed by atoms with Gasteiger partial charge in [0.2, 0.25) is 0 Å². The van der Waals surface area contributed by atoms with Crippen LogP contribution in [0, 0.1) is 0 Å². The smallest absolute Gasteiger partial charge is 0.320 e. The maximum absolute atomic E-state index is 12.4. The fraction of sp³-hybridized carbons (Fsp3) is 0.0833. The number of carbonyl (C=O) groups is 1. The molecule has 8 heteroatoms. The Kier molecular flexibility index (Phi) is 3.89. The summed E-state index contributed by atoms with van der Waals surface area (Å²) >= 11 is 5.68. The Morgan fingerprint density at radius 1 is 1.30 bits per heavy atom. The third-order valence-corrected chi connectivity index (χ3v) is 2.62. The molecule has 0 aliphatic rings. The topological polar surface area (TPSA) is 54.9 Å². The monoisotopic (exact) mass is 301 g/mol. The summed E-state index contributed by atoms with van der Waals surface area (Å²) in [4.78, 5) is 18.8. The average Bonchev–Trinajstić information content (AvgIpc) is 2.38. The molecule has 104 valence electrons. The molecule has 0 aliphatic heterocycles. The van der Waals surface area contributed by atoms with Gasteiger partial charge in [-0.3, -0.25) is 14.8 Å². The van der Waals surface area contributed by atoms with Gasteiger partial charge < -0.3 is 5.32 Å². The van der Waals surface area contributed by atoms with Crippen LogP contribution < -0.4 is 5.32 Å². The largest absolute Gasteiger partial charge is 0.433 e. The summed E-state index contributed by atoms with van der Waals surface area (Å²) < 4.78 is 37.3. The van der Waals surface area contributed by atoms with E-state index in [0.717, 1.165) is 6.20 Å². The van der Waals surface area contributed by atoms with Crippen LogP contribution in [0.25, 0.3) is 0 Å². The predicted octanol–water partition coefficient (Wildman–Crippen LogP) is 3.40. The molecule has 0 aromatic carbocycles. The molecule has 1 N–H and O–H groups in total. The maximum Gasteiger partial charge on any atom is 0.433 e. The first-order valence-corrected chi connectivity index (χ1v) is 5.70. The van der Waals surface area contributed by atoms with Crippen LogP contribution in [-0.4, -0.2) is 15.9 Å². The Morgan fingerprint density at radius 3 is 2.60 bits per heavy atom. The summed E-state index contributed by atoms with van der Waals surface area (Å²) in [6.45, 7) is 0. The van der Waals surface area contributed by atoms with E-state index in [1.54, 1.807) is 12.1 Å². The number of hydrogen-bond acceptors (Lipinski definition) is 3. The zero-order valence-corrected chi connectivity index (χ0v) is 10.5. The van der Waals surface area contributed by atoms with E-state index in [4.69, 9.17) is 11.6 Å². The average molecular weight is 302 g/mol. The first-order valence-electron chi connectivity index (χ1n) is 5.32. The number of rotatable bonds is 2. The van der Waals surface area contributed by atoms with Gasteiger partial charge in [-0.1, -0.05) is 11.6 Å². The number of nitrogens with one attached hydrogen (secondary N) is 1. The van der Waals surface area contributed by atoms with Crippen LogP contribution >= 0.6 is 11.6 Å². The molecule has 0 radical (unpaired) electrons. The van der Waals surface area contributed by atoms with Crippen molar-refractivity contribution in [1.29, 1.82) is 0 Å². The molecule has 0 bridgehead atoms. The quantitative estimate of drug-likeness (QED) is 0.925. The number of pyridine rings is 2. The summed E-state index contributed by atoms with van der Waals surface area (Å²) in [5.41, 5.74) is -0.905. The number of nitrogens with zero attached hydrogens (tertiary/aromatic N) is 2. The molecular formula is C12H7ClF3N3O. The third kappa shape index (κ3) is 3.24. The van der Waals surface area contributed by atoms with Crippen molar-refractivity contribution in [3.63, 3.8) is 0 Å². The van der Waals surface area contributed by atoms with E-state index in [1.807, 2.05) is 0 Å². The summed E-state index contributed by atoms with van der Waals surface area (Å²) in [6, 6.07) is 3.79. The molecule has 20 heavy (non-hydrogen) atoms. The van der Waals surface area contributed by atoms with Crippen LogP contribution in [0.5, 0.6) is 0 Å². The zero-order chi connectivity index (χ0) is 14.8. The van der Waals surface area contributed by atoms with E-state index in [0.29, 0.717) is 11.8 Å². The molecule has 0 fully saturated rings. The SMILES string of the molecule is O=C(Nc1cccnc1)c1cnc(C(F)(F)F)cc1Cl. The van der Waals surface area contributed by atoms with Gasteiger partial charge in [0, 0.05) is 12.4 Å². The standard InChI is InChI=1S/C12H7ClF3N3O/c13-9-4-10(12(14,15)16)18-6-8(9)11(20)19-7-2-1-3-17-5-7/h1-6H,(H,19,20). The lowest BCUT2D eigenvalue weighted by atomic mass is 10.2. The molecular weight excluding hydrogens is 295 g/mol. The molecule has 2 rings (SSSR count). The van der Waals surface area contributed by atoms with Gasteiger partial charge in [-0.2, -0.15) is 13.2 Å². The number of aromatic nitrogens is 2. The lowest BCUT2D eigenvalue weighted by molar-refractivity contribution is -0.141. The van der Waals surface area contributed by atoms with Gasteiger partial charge >= 0.3 is 6.18 Å². The van der Waals surface area contributed by atoms with Crippen LogP contribution in [-0.2, 0) is 6.18 Å². The van der Waals surface area contributed by atoms with E-state index >= 15 is 0 Å². The highest BCUT2D eigenvalue weighted by molar-refractivity contribution is 6.34. The van der Waals surface area contributed by atoms with Crippen molar-refractivity contribution in [3.8, 4) is 0 Å². The van der Waals surface area contributed by atoms with Crippen molar-refractivity contribution in [1.82, 2.24) is 9.97 Å². The third-order valence-electron chi connectivity index (χ3n) is 2.31. The summed E-state index contributed by atoms with van der Waals surface area (Å²) in [6.07, 6.45) is -0.912. The van der Waals surface area contributed by atoms with Crippen LogP contribution in [0.2, 0.25) is 5.02 Å². The van der Waals surface area contributed by atoms with Crippen molar-refractivity contribution >= 4 is 23.2 Å². The second-order valence-electron chi connectivity index (χ2n) is 3.74. The summed E-state index contributed by atoms with van der Waals surface area (Å²) in [7, 11) is 0. The van der Waals surface area contributed by atoms with Crippen molar-refractivity contribution in [3.05, 3.63) is 53.1 Å². The predicted molar refractivity (Wildman–Crippen MR) is 66.4 cm³/mol. The van der Waals surface area contributed by atoms with Gasteiger partial charge in [0.25, 0.3) is 5.91 Å². The fourth-order valence-electron chi connectivity index (χ4n) is 1.39. The first kappa shape index (κ1) is 14.3. The Bertz CT molecular complexity index is 632. The second kappa shape index (κ2) is 5.46. The second-order valence-corrected chi connectivity index (χ2v) is 4.15. The van der Waals surface area contributed by atoms with Crippen molar-refractivity contribution in [2.45, 2.75) is 6.18 Å². The number of hydrogen-bond donors (Lipinski definition) is 1. The van der Waals surface area contributed by atoms with Gasteiger partial charge in [0.1, 0.15) is 5.69 Å². The first-order chi connectivity index (χ1) is 9.38. The fourth-order valence-corrected chi connectivity index (χ4v) is 1.63. The molecule has 0 aliphatic carbocycles. The van der Waals surface area contributed by atoms with Gasteiger partial charge in [-0.25, -0.2) is 0 Å². The Labute approximate surface area is 116 Å². The minimum Gasteiger partial charge on any atom is -0.320 e. The molecule has 2 aromatic heterocycles. The summed E-state index contributed by atoms with van der Waals surface area (Å²) in [5.74, 6) is -0.663. The van der Waals surface area contributed by atoms with Gasteiger partial charge in [0.15, 0.2) is 0 Å². The molecule has 2 heterocycles. The molecule has 0 saturated carbocycles. The van der Waals surface area contributed by atoms with Crippen molar-refractivity contribution < 1.29 is 18.0 Å². The van der Waals surface area contributed by atoms with Crippen LogP contribution in [0.1, 0.15) is 16.1 Å². The molecule has 0 saturated heterocycles. The highest BCUT2D eigenvalue weighted by atomic mass is 35.5. The Hall–Kier alpha value is -2.15. The van der Waals surface area contributed by atoms with Gasteiger partial charge in [-0.15, -0.1) is 0 Å². The normalized spacial score (nSPS) is 11.2. The maximum atomic E-state index is 12.4. The van der Waals surface area contributed by atoms with Gasteiger partial charge in [0.05, 0.1) is 22.5 Å². The molecule has 0 atom stereocenters. The van der Waals surface area contributed by atoms with Gasteiger partial charge in [-0.05, 0) is 18.2 Å². The highest BCUT2D eigenvalue weighted by Crippen LogP contribution is 2.30. The van der Waals surface area contributed by atoms with E-state index < -0.39 is 17.8 Å². The van der Waals surface area contributed by atoms with E-state index in [2.05, 4.69) is 15.3 Å². The number of carbonyl (C=O) groups excluding carboxylic acids is 1. The minimum atomic E-state index is -4.61. The number of halogens is 4. The number of amides is 1. The molecule has 4 nitrogen and oxygen atoms in total. The highest BCUT2D eigenvalue weighted by Gasteiger charge is 2.33. The lowest BCUT2D eigenvalue weighted by Gasteiger charge is -2.09. The lowest BCUT2D eigenvalue weighted by Crippen LogP contribution is -2.15. The van der Waals surface area contributed by atoms with Crippen molar-refractivity contribution in [2.75, 3.05) is 5.32 Å². The van der Waals surface area contributed by atoms with E-state index in [9.17, 15) is 18.0 Å². The molecule has 0 unspecified atom stereocenters. The van der Waals surface area contributed by atoms with Crippen molar-refractivity contribution in [2.24, 2.45) is 0 Å². The van der Waals surface area contributed by atoms with Crippen LogP contribution in [0.15, 0.2) is 36.8 Å². The van der Waals surface area contributed by atoms with E-state index in [-0.39, 0.29) is 10.6 Å². The number of anilines is 1. The van der Waals surface area contributed by atoms with E-state index in [1.165, 1.54) is 12.4 Å². The molecule has 0 spiro atoms. The van der Waals surface area contributed by atoms with Crippen LogP contribution in [0.4, 0.5) is 18.9 Å². The molecule has 1 amide bonds. The zero-order valence-electron chi connectivity index (χ0n) is 9.78. The van der Waals surface area contributed by atoms with Crippen LogP contribution in [0.3, 0.4) is 0 Å². The minimum absolute atomic E-state index is 0.150.